The molecule has 4 aromatic rings. The first-order valence-electron chi connectivity index (χ1n) is 10.4. The Morgan fingerprint density at radius 1 is 1.03 bits per heavy atom. The fraction of sp³-hybridized carbons (Fsp3) is 0.208. The zero-order valence-corrected chi connectivity index (χ0v) is 18.2. The van der Waals surface area contributed by atoms with Gasteiger partial charge in [0.25, 0.3) is 11.8 Å². The molecule has 2 amide bonds. The number of fused-ring (bicyclic) bond motifs is 1. The van der Waals surface area contributed by atoms with E-state index in [2.05, 4.69) is 15.2 Å². The molecule has 1 aliphatic heterocycles. The summed E-state index contributed by atoms with van der Waals surface area (Å²) in [6, 6.07) is 10.3. The van der Waals surface area contributed by atoms with Gasteiger partial charge in [-0.05, 0) is 49.2 Å². The summed E-state index contributed by atoms with van der Waals surface area (Å²) < 4.78 is 35.4. The molecule has 8 nitrogen and oxygen atoms in total. The lowest BCUT2D eigenvalue weighted by Crippen LogP contribution is -2.51. The average Bonchev–Trinajstić information content (AvgIpc) is 3.54. The maximum absolute atomic E-state index is 13.3. The van der Waals surface area contributed by atoms with Gasteiger partial charge in [-0.1, -0.05) is 12.1 Å². The van der Waals surface area contributed by atoms with E-state index in [9.17, 15) is 18.4 Å². The Hall–Kier alpha value is -4.21. The normalized spacial score (nSPS) is 15.1. The zero-order valence-electron chi connectivity index (χ0n) is 18.2. The van der Waals surface area contributed by atoms with Gasteiger partial charge in [-0.25, -0.2) is 0 Å². The van der Waals surface area contributed by atoms with Gasteiger partial charge in [0.05, 0.1) is 35.7 Å². The number of benzene rings is 1. The molecule has 0 atom stereocenters. The third-order valence-corrected chi connectivity index (χ3v) is 5.82. The van der Waals surface area contributed by atoms with Crippen LogP contribution in [0.2, 0.25) is 0 Å². The molecule has 5 rings (SSSR count). The number of pyridine rings is 1. The molecule has 0 saturated heterocycles. The van der Waals surface area contributed by atoms with Crippen molar-refractivity contribution in [1.82, 2.24) is 20.1 Å². The number of rotatable bonds is 5. The lowest BCUT2D eigenvalue weighted by atomic mass is 9.76. The van der Waals surface area contributed by atoms with Crippen molar-refractivity contribution < 1.29 is 27.2 Å². The van der Waals surface area contributed by atoms with Gasteiger partial charge in [0.15, 0.2) is 0 Å². The number of halogens is 2. The summed E-state index contributed by atoms with van der Waals surface area (Å²) in [7, 11) is 0. The standard InChI is InChI=1S/C24H18F2N4O4/c1-24(2)18-6-4-13(15-7-8-33-12-15)9-17(18)22(31)30(23(24)32)11-16-5-3-14(10-27-16)20-28-29-21(34-20)19(25)26/h3-10,12,19H,11H2,1-2H3. The summed E-state index contributed by atoms with van der Waals surface area (Å²) >= 11 is 0. The van der Waals surface area contributed by atoms with Crippen LogP contribution in [0.4, 0.5) is 8.78 Å². The van der Waals surface area contributed by atoms with Crippen molar-refractivity contribution in [3.8, 4) is 22.6 Å². The summed E-state index contributed by atoms with van der Waals surface area (Å²) in [6.07, 6.45) is 1.63. The molecule has 1 aromatic carbocycles. The molecule has 10 heteroatoms. The van der Waals surface area contributed by atoms with Gasteiger partial charge in [0.2, 0.25) is 11.8 Å². The monoisotopic (exact) mass is 464 g/mol. The van der Waals surface area contributed by atoms with Crippen LogP contribution in [-0.2, 0) is 16.8 Å². The summed E-state index contributed by atoms with van der Waals surface area (Å²) in [5.74, 6) is -1.64. The van der Waals surface area contributed by atoms with Crippen molar-refractivity contribution in [2.45, 2.75) is 32.2 Å². The minimum absolute atomic E-state index is 0.0527. The third kappa shape index (κ3) is 3.57. The lowest BCUT2D eigenvalue weighted by molar-refractivity contribution is -0.134. The Morgan fingerprint density at radius 3 is 2.47 bits per heavy atom. The van der Waals surface area contributed by atoms with E-state index in [-0.39, 0.29) is 18.3 Å². The van der Waals surface area contributed by atoms with Crippen molar-refractivity contribution in [3.63, 3.8) is 0 Å². The highest BCUT2D eigenvalue weighted by Gasteiger charge is 2.44. The molecule has 0 saturated carbocycles. The molecule has 0 fully saturated rings. The second-order valence-electron chi connectivity index (χ2n) is 8.38. The van der Waals surface area contributed by atoms with Crippen molar-refractivity contribution in [1.29, 1.82) is 0 Å². The molecule has 3 aromatic heterocycles. The summed E-state index contributed by atoms with van der Waals surface area (Å²) in [6.45, 7) is 3.50. The zero-order chi connectivity index (χ0) is 24.0. The lowest BCUT2D eigenvalue weighted by Gasteiger charge is -2.37. The Balaban J connectivity index is 1.43. The number of carbonyl (C=O) groups is 2. The smallest absolute Gasteiger partial charge is 0.314 e. The van der Waals surface area contributed by atoms with Crippen LogP contribution in [0.25, 0.3) is 22.6 Å². The molecule has 0 radical (unpaired) electrons. The highest BCUT2D eigenvalue weighted by atomic mass is 19.3. The summed E-state index contributed by atoms with van der Waals surface area (Å²) in [4.78, 5) is 32.0. The van der Waals surface area contributed by atoms with Crippen molar-refractivity contribution >= 4 is 11.8 Å². The Kier molecular flexibility index (Phi) is 5.07. The van der Waals surface area contributed by atoms with E-state index >= 15 is 0 Å². The fourth-order valence-electron chi connectivity index (χ4n) is 3.95. The molecule has 0 aliphatic carbocycles. The molecule has 1 aliphatic rings. The predicted octanol–water partition coefficient (Wildman–Crippen LogP) is 4.79. The van der Waals surface area contributed by atoms with Gasteiger partial charge in [0, 0.05) is 17.3 Å². The van der Waals surface area contributed by atoms with Gasteiger partial charge in [-0.2, -0.15) is 8.78 Å². The number of aromatic nitrogens is 3. The summed E-state index contributed by atoms with van der Waals surface area (Å²) in [5.41, 5.74) is 2.57. The van der Waals surface area contributed by atoms with Crippen LogP contribution in [0.5, 0.6) is 0 Å². The van der Waals surface area contributed by atoms with Gasteiger partial charge < -0.3 is 8.83 Å². The van der Waals surface area contributed by atoms with E-state index in [1.54, 1.807) is 56.7 Å². The second-order valence-corrected chi connectivity index (χ2v) is 8.38. The first-order valence-corrected chi connectivity index (χ1v) is 10.4. The van der Waals surface area contributed by atoms with Crippen molar-refractivity contribution in [2.75, 3.05) is 0 Å². The molecular weight excluding hydrogens is 446 g/mol. The van der Waals surface area contributed by atoms with E-state index < -0.39 is 23.6 Å². The average molecular weight is 464 g/mol. The molecule has 0 spiro atoms. The quantitative estimate of drug-likeness (QED) is 0.391. The van der Waals surface area contributed by atoms with Crippen LogP contribution in [0.1, 0.15) is 47.8 Å². The number of carbonyl (C=O) groups excluding carboxylic acids is 2. The SMILES string of the molecule is CC1(C)C(=O)N(Cc2ccc(-c3nnc(C(F)F)o3)cn2)C(=O)c2cc(-c3ccoc3)ccc21. The molecule has 172 valence electrons. The van der Waals surface area contributed by atoms with Crippen LogP contribution in [0.15, 0.2) is 64.0 Å². The molecule has 0 bridgehead atoms. The maximum Gasteiger partial charge on any atom is 0.314 e. The van der Waals surface area contributed by atoms with Gasteiger partial charge in [-0.15, -0.1) is 10.2 Å². The van der Waals surface area contributed by atoms with E-state index in [0.29, 0.717) is 22.4 Å². The minimum Gasteiger partial charge on any atom is -0.472 e. The Morgan fingerprint density at radius 2 is 1.82 bits per heavy atom. The number of imide groups is 1. The van der Waals surface area contributed by atoms with Crippen LogP contribution in [0, 0.1) is 0 Å². The highest BCUT2D eigenvalue weighted by molar-refractivity contribution is 6.13. The maximum atomic E-state index is 13.3. The fourth-order valence-corrected chi connectivity index (χ4v) is 3.95. The Labute approximate surface area is 192 Å². The number of hydrogen-bond acceptors (Lipinski definition) is 7. The predicted molar refractivity (Wildman–Crippen MR) is 115 cm³/mol. The first-order chi connectivity index (χ1) is 16.3. The third-order valence-electron chi connectivity index (χ3n) is 5.82. The van der Waals surface area contributed by atoms with Crippen molar-refractivity contribution in [3.05, 3.63) is 77.8 Å². The molecular formula is C24H18F2N4O4. The van der Waals surface area contributed by atoms with Gasteiger partial charge >= 0.3 is 6.43 Å². The molecule has 4 heterocycles. The van der Waals surface area contributed by atoms with Crippen molar-refractivity contribution in [2.24, 2.45) is 0 Å². The number of hydrogen-bond donors (Lipinski definition) is 0. The number of amides is 2. The second kappa shape index (κ2) is 7.98. The summed E-state index contributed by atoms with van der Waals surface area (Å²) in [5, 5.41) is 6.88. The first kappa shape index (κ1) is 21.6. The number of nitrogens with zero attached hydrogens (tertiary/aromatic N) is 4. The molecule has 34 heavy (non-hydrogen) atoms. The van der Waals surface area contributed by atoms with Crippen LogP contribution < -0.4 is 0 Å². The van der Waals surface area contributed by atoms with Gasteiger partial charge in [0.1, 0.15) is 0 Å². The van der Waals surface area contributed by atoms with Crippen LogP contribution in [-0.4, -0.2) is 31.9 Å². The van der Waals surface area contributed by atoms with E-state index in [0.717, 1.165) is 11.1 Å². The number of furan rings is 1. The van der Waals surface area contributed by atoms with E-state index in [4.69, 9.17) is 8.83 Å². The Bertz CT molecular complexity index is 1380. The molecule has 0 unspecified atom stereocenters. The topological polar surface area (TPSA) is 102 Å². The molecule has 0 N–H and O–H groups in total. The van der Waals surface area contributed by atoms with E-state index in [1.807, 2.05) is 6.07 Å². The largest absolute Gasteiger partial charge is 0.472 e. The number of alkyl halides is 2. The van der Waals surface area contributed by atoms with Gasteiger partial charge in [-0.3, -0.25) is 19.5 Å². The van der Waals surface area contributed by atoms with E-state index in [1.165, 1.54) is 11.1 Å². The van der Waals surface area contributed by atoms with Crippen LogP contribution >= 0.6 is 0 Å². The van der Waals surface area contributed by atoms with Crippen LogP contribution in [0.3, 0.4) is 0 Å². The minimum atomic E-state index is -2.87. The highest BCUT2D eigenvalue weighted by Crippen LogP contribution is 2.37.